The van der Waals surface area contributed by atoms with E-state index in [1.54, 1.807) is 0 Å². The third kappa shape index (κ3) is 0.835. The zero-order valence-corrected chi connectivity index (χ0v) is 6.08. The van der Waals surface area contributed by atoms with Crippen LogP contribution in [0, 0.1) is 0 Å². The fraction of sp³-hybridized carbons (Fsp3) is 0.111. The molecule has 56 valence electrons. The number of ether oxygens (including phenoxy) is 1. The third-order valence-electron chi connectivity index (χ3n) is 1.84. The molecule has 0 saturated heterocycles. The van der Waals surface area contributed by atoms with Gasteiger partial charge in [0.25, 0.3) is 0 Å². The molecule has 2 heteroatoms. The van der Waals surface area contributed by atoms with Crippen molar-refractivity contribution >= 4 is 0 Å². The molecule has 0 saturated carbocycles. The van der Waals surface area contributed by atoms with Crippen LogP contribution in [0.2, 0.25) is 0 Å². The van der Waals surface area contributed by atoms with Gasteiger partial charge in [0.1, 0.15) is 11.5 Å². The van der Waals surface area contributed by atoms with Crippen LogP contribution in [0.3, 0.4) is 0 Å². The molecular formula is C9H9NO. The average Bonchev–Trinajstić information content (AvgIpc) is 2.30. The first-order valence-corrected chi connectivity index (χ1v) is 3.50. The van der Waals surface area contributed by atoms with Crippen LogP contribution in [0.15, 0.2) is 36.6 Å². The maximum absolute atomic E-state index is 5.77. The minimum atomic E-state index is -0.147. The van der Waals surface area contributed by atoms with Crippen LogP contribution in [0.1, 0.15) is 11.6 Å². The molecular weight excluding hydrogens is 138 g/mol. The maximum atomic E-state index is 5.77. The Morgan fingerprint density at radius 2 is 2.09 bits per heavy atom. The van der Waals surface area contributed by atoms with Gasteiger partial charge in [-0.15, -0.1) is 0 Å². The molecule has 0 aromatic heterocycles. The Hall–Kier alpha value is -1.28. The number of benzene rings is 1. The smallest absolute Gasteiger partial charge is 0.132 e. The summed E-state index contributed by atoms with van der Waals surface area (Å²) in [6.45, 7) is 3.70. The minimum absolute atomic E-state index is 0.147. The van der Waals surface area contributed by atoms with Gasteiger partial charge < -0.3 is 10.5 Å². The van der Waals surface area contributed by atoms with Crippen molar-refractivity contribution in [2.75, 3.05) is 0 Å². The molecule has 0 bridgehead atoms. The molecule has 0 fully saturated rings. The normalized spacial score (nSPS) is 21.2. The highest BCUT2D eigenvalue weighted by Crippen LogP contribution is 2.35. The van der Waals surface area contributed by atoms with E-state index in [2.05, 4.69) is 6.58 Å². The summed E-state index contributed by atoms with van der Waals surface area (Å²) >= 11 is 0. The quantitative estimate of drug-likeness (QED) is 0.604. The van der Waals surface area contributed by atoms with Crippen LogP contribution in [0.4, 0.5) is 0 Å². The van der Waals surface area contributed by atoms with Gasteiger partial charge in [0.15, 0.2) is 0 Å². The first-order valence-electron chi connectivity index (χ1n) is 3.50. The van der Waals surface area contributed by atoms with Crippen molar-refractivity contribution < 1.29 is 4.74 Å². The van der Waals surface area contributed by atoms with Gasteiger partial charge in [-0.1, -0.05) is 24.8 Å². The number of hydrogen-bond acceptors (Lipinski definition) is 2. The monoisotopic (exact) mass is 147 g/mol. The molecule has 0 aliphatic carbocycles. The van der Waals surface area contributed by atoms with E-state index >= 15 is 0 Å². The van der Waals surface area contributed by atoms with E-state index in [-0.39, 0.29) is 6.04 Å². The molecule has 1 unspecified atom stereocenters. The molecule has 1 heterocycles. The van der Waals surface area contributed by atoms with Crippen LogP contribution in [0.5, 0.6) is 5.75 Å². The maximum Gasteiger partial charge on any atom is 0.132 e. The summed E-state index contributed by atoms with van der Waals surface area (Å²) in [4.78, 5) is 0. The summed E-state index contributed by atoms with van der Waals surface area (Å²) in [7, 11) is 0. The Kier molecular flexibility index (Phi) is 1.23. The van der Waals surface area contributed by atoms with Crippen LogP contribution < -0.4 is 10.5 Å². The Morgan fingerprint density at radius 3 is 2.82 bits per heavy atom. The van der Waals surface area contributed by atoms with Crippen LogP contribution in [-0.4, -0.2) is 0 Å². The number of fused-ring (bicyclic) bond motifs is 1. The molecule has 2 nitrogen and oxygen atoms in total. The van der Waals surface area contributed by atoms with Crippen LogP contribution in [-0.2, 0) is 0 Å². The molecule has 2 rings (SSSR count). The zero-order valence-electron chi connectivity index (χ0n) is 6.08. The number of para-hydroxylation sites is 1. The summed E-state index contributed by atoms with van der Waals surface area (Å²) in [5.41, 5.74) is 6.79. The van der Waals surface area contributed by atoms with Crippen LogP contribution in [0.25, 0.3) is 0 Å². The van der Waals surface area contributed by atoms with E-state index in [0.29, 0.717) is 5.76 Å². The largest absolute Gasteiger partial charge is 0.460 e. The van der Waals surface area contributed by atoms with Crippen molar-refractivity contribution in [1.29, 1.82) is 0 Å². The van der Waals surface area contributed by atoms with Gasteiger partial charge in [-0.3, -0.25) is 0 Å². The second-order valence-electron chi connectivity index (χ2n) is 2.58. The number of hydrogen-bond donors (Lipinski definition) is 1. The lowest BCUT2D eigenvalue weighted by molar-refractivity contribution is 0.432. The average molecular weight is 147 g/mol. The van der Waals surface area contributed by atoms with Crippen LogP contribution >= 0.6 is 0 Å². The molecule has 1 aromatic carbocycles. The Bertz CT molecular complexity index is 306. The summed E-state index contributed by atoms with van der Waals surface area (Å²) in [5, 5.41) is 0. The molecule has 2 N–H and O–H groups in total. The van der Waals surface area contributed by atoms with Gasteiger partial charge >= 0.3 is 0 Å². The second kappa shape index (κ2) is 2.10. The molecule has 1 aliphatic rings. The van der Waals surface area contributed by atoms with Gasteiger partial charge in [0, 0.05) is 5.56 Å². The molecule has 1 aromatic rings. The summed E-state index contributed by atoms with van der Waals surface area (Å²) < 4.78 is 5.30. The molecule has 0 amide bonds. The van der Waals surface area contributed by atoms with Crippen molar-refractivity contribution in [2.45, 2.75) is 6.04 Å². The Morgan fingerprint density at radius 1 is 1.36 bits per heavy atom. The van der Waals surface area contributed by atoms with Crippen molar-refractivity contribution in [2.24, 2.45) is 5.73 Å². The van der Waals surface area contributed by atoms with E-state index in [1.165, 1.54) is 0 Å². The lowest BCUT2D eigenvalue weighted by Gasteiger charge is -1.99. The van der Waals surface area contributed by atoms with Crippen molar-refractivity contribution in [1.82, 2.24) is 0 Å². The van der Waals surface area contributed by atoms with Gasteiger partial charge in [0.05, 0.1) is 6.04 Å². The van der Waals surface area contributed by atoms with E-state index < -0.39 is 0 Å². The third-order valence-corrected chi connectivity index (χ3v) is 1.84. The lowest BCUT2D eigenvalue weighted by Crippen LogP contribution is -2.08. The molecule has 1 aliphatic heterocycles. The van der Waals surface area contributed by atoms with E-state index in [4.69, 9.17) is 10.5 Å². The summed E-state index contributed by atoms with van der Waals surface area (Å²) in [6, 6.07) is 7.57. The van der Waals surface area contributed by atoms with E-state index in [0.717, 1.165) is 11.3 Å². The van der Waals surface area contributed by atoms with E-state index in [1.807, 2.05) is 24.3 Å². The highest BCUT2D eigenvalue weighted by molar-refractivity contribution is 5.44. The van der Waals surface area contributed by atoms with Gasteiger partial charge in [-0.05, 0) is 6.07 Å². The Balaban J connectivity index is 2.55. The fourth-order valence-corrected chi connectivity index (χ4v) is 1.21. The molecule has 0 spiro atoms. The van der Waals surface area contributed by atoms with Gasteiger partial charge in [0.2, 0.25) is 0 Å². The number of rotatable bonds is 0. The fourth-order valence-electron chi connectivity index (χ4n) is 1.21. The molecule has 11 heavy (non-hydrogen) atoms. The molecule has 0 radical (unpaired) electrons. The standard InChI is InChI=1S/C9H9NO/c1-6-9(10)7-4-2-3-5-8(7)11-6/h2-5,9H,1,10H2. The van der Waals surface area contributed by atoms with Crippen molar-refractivity contribution in [3.63, 3.8) is 0 Å². The predicted octanol–water partition coefficient (Wildman–Crippen LogP) is 1.59. The first-order chi connectivity index (χ1) is 5.29. The van der Waals surface area contributed by atoms with Crippen molar-refractivity contribution in [3.8, 4) is 5.75 Å². The van der Waals surface area contributed by atoms with Gasteiger partial charge in [-0.2, -0.15) is 0 Å². The summed E-state index contributed by atoms with van der Waals surface area (Å²) in [5.74, 6) is 1.47. The highest BCUT2D eigenvalue weighted by atomic mass is 16.5. The Labute approximate surface area is 65.3 Å². The minimum Gasteiger partial charge on any atom is -0.460 e. The second-order valence-corrected chi connectivity index (χ2v) is 2.58. The predicted molar refractivity (Wildman–Crippen MR) is 43.1 cm³/mol. The highest BCUT2D eigenvalue weighted by Gasteiger charge is 2.23. The number of nitrogens with two attached hydrogens (primary N) is 1. The lowest BCUT2D eigenvalue weighted by atomic mass is 10.1. The zero-order chi connectivity index (χ0) is 7.84. The molecule has 1 atom stereocenters. The topological polar surface area (TPSA) is 35.2 Å². The first kappa shape index (κ1) is 6.43. The summed E-state index contributed by atoms with van der Waals surface area (Å²) in [6.07, 6.45) is 0. The van der Waals surface area contributed by atoms with Crippen molar-refractivity contribution in [3.05, 3.63) is 42.2 Å². The van der Waals surface area contributed by atoms with E-state index in [9.17, 15) is 0 Å². The SMILES string of the molecule is C=C1Oc2ccccc2C1N. The van der Waals surface area contributed by atoms with Gasteiger partial charge in [-0.25, -0.2) is 0 Å².